The molecule has 3 heteroatoms. The van der Waals surface area contributed by atoms with Crippen LogP contribution < -0.4 is 5.73 Å². The molecule has 9 heavy (non-hydrogen) atoms. The molecule has 1 amide bonds. The highest BCUT2D eigenvalue weighted by atomic mass is 16.2. The van der Waals surface area contributed by atoms with Crippen LogP contribution in [0.4, 0.5) is 0 Å². The molecule has 1 atom stereocenters. The first-order chi connectivity index (χ1) is 4.18. The first-order valence-electron chi connectivity index (χ1n) is 3.08. The Labute approximate surface area is 54.9 Å². The molecule has 0 aromatic rings. The van der Waals surface area contributed by atoms with Gasteiger partial charge in [0.15, 0.2) is 0 Å². The quantitative estimate of drug-likeness (QED) is 0.558. The molecule has 0 aromatic carbocycles. The summed E-state index contributed by atoms with van der Waals surface area (Å²) in [5, 5.41) is 8.34. The van der Waals surface area contributed by atoms with Gasteiger partial charge in [0.05, 0.1) is 0 Å². The first kappa shape index (κ1) is 8.43. The Balaban J connectivity index is 3.27. The highest BCUT2D eigenvalue weighted by molar-refractivity contribution is 5.76. The van der Waals surface area contributed by atoms with Crippen molar-refractivity contribution in [1.82, 2.24) is 0 Å². The Morgan fingerprint density at radius 3 is 2.67 bits per heavy atom. The lowest BCUT2D eigenvalue weighted by Crippen LogP contribution is -2.20. The van der Waals surface area contributed by atoms with Gasteiger partial charge in [-0.25, -0.2) is 0 Å². The van der Waals surface area contributed by atoms with Crippen molar-refractivity contribution < 1.29 is 9.90 Å². The Bertz CT molecular complexity index is 93.1. The second-order valence-corrected chi connectivity index (χ2v) is 2.17. The van der Waals surface area contributed by atoms with Crippen molar-refractivity contribution in [2.75, 3.05) is 6.61 Å². The van der Waals surface area contributed by atoms with E-state index in [0.717, 1.165) is 0 Å². The van der Waals surface area contributed by atoms with Crippen molar-refractivity contribution in [3.63, 3.8) is 0 Å². The van der Waals surface area contributed by atoms with Crippen molar-refractivity contribution in [1.29, 1.82) is 0 Å². The topological polar surface area (TPSA) is 63.3 Å². The minimum atomic E-state index is -0.288. The number of nitrogens with two attached hydrogens (primary N) is 1. The van der Waals surface area contributed by atoms with Crippen molar-refractivity contribution in [3.05, 3.63) is 0 Å². The summed E-state index contributed by atoms with van der Waals surface area (Å²) < 4.78 is 0. The number of carbonyl (C=O) groups excluding carboxylic acids is 1. The predicted molar refractivity (Wildman–Crippen MR) is 34.7 cm³/mol. The van der Waals surface area contributed by atoms with E-state index in [0.29, 0.717) is 12.8 Å². The molecule has 0 spiro atoms. The van der Waals surface area contributed by atoms with E-state index in [2.05, 4.69) is 0 Å². The fraction of sp³-hybridized carbons (Fsp3) is 0.833. The molecule has 0 radical (unpaired) electrons. The second-order valence-electron chi connectivity index (χ2n) is 2.17. The number of amides is 1. The minimum Gasteiger partial charge on any atom is -0.396 e. The van der Waals surface area contributed by atoms with Gasteiger partial charge in [-0.1, -0.05) is 6.92 Å². The Kier molecular flexibility index (Phi) is 4.05. The van der Waals surface area contributed by atoms with Gasteiger partial charge >= 0.3 is 0 Å². The van der Waals surface area contributed by atoms with Gasteiger partial charge in [0.1, 0.15) is 0 Å². The van der Waals surface area contributed by atoms with Gasteiger partial charge < -0.3 is 10.8 Å². The lowest BCUT2D eigenvalue weighted by Gasteiger charge is -2.03. The van der Waals surface area contributed by atoms with Crippen molar-refractivity contribution in [2.45, 2.75) is 19.8 Å². The summed E-state index contributed by atoms with van der Waals surface area (Å²) in [6, 6.07) is 0. The maximum absolute atomic E-state index is 10.3. The molecule has 0 aromatic heterocycles. The van der Waals surface area contributed by atoms with Crippen LogP contribution in [-0.4, -0.2) is 17.6 Å². The summed E-state index contributed by atoms with van der Waals surface area (Å²) in [6.07, 6.45) is 1.34. The van der Waals surface area contributed by atoms with Crippen LogP contribution in [0.3, 0.4) is 0 Å². The smallest absolute Gasteiger partial charge is 0.220 e. The molecule has 0 aliphatic rings. The SMILES string of the molecule is C[C@H](CCCO)C(N)=O. The third kappa shape index (κ3) is 3.97. The molecule has 3 N–H and O–H groups in total. The van der Waals surface area contributed by atoms with Gasteiger partial charge in [-0.2, -0.15) is 0 Å². The lowest BCUT2D eigenvalue weighted by atomic mass is 10.1. The largest absolute Gasteiger partial charge is 0.396 e. The zero-order valence-electron chi connectivity index (χ0n) is 5.63. The van der Waals surface area contributed by atoms with E-state index < -0.39 is 0 Å². The zero-order valence-corrected chi connectivity index (χ0v) is 5.63. The van der Waals surface area contributed by atoms with E-state index in [1.54, 1.807) is 6.92 Å². The summed E-state index contributed by atoms with van der Waals surface area (Å²) in [7, 11) is 0. The number of hydrogen-bond donors (Lipinski definition) is 2. The maximum Gasteiger partial charge on any atom is 0.220 e. The van der Waals surface area contributed by atoms with E-state index in [1.807, 2.05) is 0 Å². The second kappa shape index (κ2) is 4.32. The molecule has 0 saturated carbocycles. The number of carbonyl (C=O) groups is 1. The Morgan fingerprint density at radius 1 is 1.78 bits per heavy atom. The van der Waals surface area contributed by atoms with Crippen LogP contribution in [0.2, 0.25) is 0 Å². The highest BCUT2D eigenvalue weighted by Crippen LogP contribution is 2.02. The number of rotatable bonds is 4. The molecule has 0 bridgehead atoms. The third-order valence-electron chi connectivity index (χ3n) is 1.28. The molecular weight excluding hydrogens is 118 g/mol. The van der Waals surface area contributed by atoms with Crippen LogP contribution in [0, 0.1) is 5.92 Å². The van der Waals surface area contributed by atoms with Crippen LogP contribution in [0.1, 0.15) is 19.8 Å². The van der Waals surface area contributed by atoms with Gasteiger partial charge in [0, 0.05) is 12.5 Å². The van der Waals surface area contributed by atoms with E-state index in [9.17, 15) is 4.79 Å². The van der Waals surface area contributed by atoms with Gasteiger partial charge in [0.2, 0.25) is 5.91 Å². The van der Waals surface area contributed by atoms with Gasteiger partial charge in [0.25, 0.3) is 0 Å². The molecule has 0 fully saturated rings. The van der Waals surface area contributed by atoms with Crippen molar-refractivity contribution in [2.24, 2.45) is 11.7 Å². The molecule has 0 unspecified atom stereocenters. The molecule has 0 heterocycles. The van der Waals surface area contributed by atoms with Crippen molar-refractivity contribution >= 4 is 5.91 Å². The van der Waals surface area contributed by atoms with Crippen LogP contribution in [0.15, 0.2) is 0 Å². The van der Waals surface area contributed by atoms with Crippen LogP contribution in [0.25, 0.3) is 0 Å². The van der Waals surface area contributed by atoms with Crippen LogP contribution in [-0.2, 0) is 4.79 Å². The van der Waals surface area contributed by atoms with Crippen LogP contribution >= 0.6 is 0 Å². The summed E-state index contributed by atoms with van der Waals surface area (Å²) >= 11 is 0. The number of primary amides is 1. The minimum absolute atomic E-state index is 0.0999. The molecule has 0 aliphatic carbocycles. The lowest BCUT2D eigenvalue weighted by molar-refractivity contribution is -0.121. The van der Waals surface area contributed by atoms with Gasteiger partial charge in [-0.15, -0.1) is 0 Å². The molecule has 0 rings (SSSR count). The standard InChI is InChI=1S/C6H13NO2/c1-5(6(7)9)3-2-4-8/h5,8H,2-4H2,1H3,(H2,7,9)/t5-/m1/s1. The molecule has 0 saturated heterocycles. The fourth-order valence-corrected chi connectivity index (χ4v) is 0.540. The summed E-state index contributed by atoms with van der Waals surface area (Å²) in [4.78, 5) is 10.3. The maximum atomic E-state index is 10.3. The predicted octanol–water partition coefficient (Wildman–Crippen LogP) is -0.120. The number of aliphatic hydroxyl groups excluding tert-OH is 1. The van der Waals surface area contributed by atoms with Gasteiger partial charge in [-0.3, -0.25) is 4.79 Å². The summed E-state index contributed by atoms with van der Waals surface area (Å²) in [6.45, 7) is 1.90. The monoisotopic (exact) mass is 131 g/mol. The molecule has 54 valence electrons. The van der Waals surface area contributed by atoms with E-state index in [4.69, 9.17) is 10.8 Å². The average molecular weight is 131 g/mol. The molecule has 3 nitrogen and oxygen atoms in total. The molecule has 0 aliphatic heterocycles. The number of aliphatic hydroxyl groups is 1. The van der Waals surface area contributed by atoms with Crippen molar-refractivity contribution in [3.8, 4) is 0 Å². The first-order valence-corrected chi connectivity index (χ1v) is 3.08. The van der Waals surface area contributed by atoms with E-state index >= 15 is 0 Å². The fourth-order valence-electron chi connectivity index (χ4n) is 0.540. The zero-order chi connectivity index (χ0) is 7.28. The summed E-state index contributed by atoms with van der Waals surface area (Å²) in [5.74, 6) is -0.388. The van der Waals surface area contributed by atoms with E-state index in [1.165, 1.54) is 0 Å². The Morgan fingerprint density at radius 2 is 2.33 bits per heavy atom. The third-order valence-corrected chi connectivity index (χ3v) is 1.28. The molecular formula is C6H13NO2. The van der Waals surface area contributed by atoms with Crippen LogP contribution in [0.5, 0.6) is 0 Å². The Hall–Kier alpha value is -0.570. The highest BCUT2D eigenvalue weighted by Gasteiger charge is 2.06. The van der Waals surface area contributed by atoms with Gasteiger partial charge in [-0.05, 0) is 12.8 Å². The summed E-state index contributed by atoms with van der Waals surface area (Å²) in [5.41, 5.74) is 4.96. The van der Waals surface area contributed by atoms with E-state index in [-0.39, 0.29) is 18.4 Å². The average Bonchev–Trinajstić information content (AvgIpc) is 1.82. The number of hydrogen-bond acceptors (Lipinski definition) is 2. The normalized spacial score (nSPS) is 13.1.